The van der Waals surface area contributed by atoms with Crippen LogP contribution in [0.3, 0.4) is 0 Å². The van der Waals surface area contributed by atoms with E-state index in [2.05, 4.69) is 60.7 Å². The van der Waals surface area contributed by atoms with Gasteiger partial charge in [-0.1, -0.05) is 43.3 Å². The number of benzene rings is 1. The molecule has 0 aliphatic heterocycles. The first kappa shape index (κ1) is 12.0. The molecule has 0 aliphatic carbocycles. The Labute approximate surface area is 96.0 Å². The van der Waals surface area contributed by atoms with Crippen LogP contribution in [-0.4, -0.2) is 16.8 Å². The summed E-state index contributed by atoms with van der Waals surface area (Å²) in [7, 11) is 3.64. The van der Waals surface area contributed by atoms with Crippen LogP contribution in [0.25, 0.3) is 5.57 Å². The van der Waals surface area contributed by atoms with Gasteiger partial charge in [0.15, 0.2) is 0 Å². The van der Waals surface area contributed by atoms with E-state index >= 15 is 0 Å². The largest absolute Gasteiger partial charge is 0.391 e. The van der Waals surface area contributed by atoms with Gasteiger partial charge in [0.1, 0.15) is 0 Å². The number of hydrogen-bond acceptors (Lipinski definition) is 1. The summed E-state index contributed by atoms with van der Waals surface area (Å²) < 4.78 is 0. The fourth-order valence-corrected chi connectivity index (χ4v) is 1.83. The van der Waals surface area contributed by atoms with Gasteiger partial charge in [0.25, 0.3) is 0 Å². The van der Waals surface area contributed by atoms with E-state index in [0.717, 1.165) is 11.7 Å². The molecule has 0 atom stereocenters. The van der Waals surface area contributed by atoms with Crippen molar-refractivity contribution in [2.24, 2.45) is 5.92 Å². The van der Waals surface area contributed by atoms with Crippen molar-refractivity contribution in [1.29, 1.82) is 0 Å². The van der Waals surface area contributed by atoms with Gasteiger partial charge in [-0.3, -0.25) is 0 Å². The zero-order valence-corrected chi connectivity index (χ0v) is 10.7. The average Bonchev–Trinajstić information content (AvgIpc) is 2.20. The van der Waals surface area contributed by atoms with Crippen LogP contribution < -0.4 is 10.5 Å². The zero-order valence-electron chi connectivity index (χ0n) is 9.67. The van der Waals surface area contributed by atoms with Gasteiger partial charge in [-0.05, 0) is 24.0 Å². The molecule has 1 aromatic rings. The zero-order chi connectivity index (χ0) is 11.3. The fraction of sp³-hybridized carbons (Fsp3) is 0.385. The highest BCUT2D eigenvalue weighted by Gasteiger charge is 2.07. The first-order valence-electron chi connectivity index (χ1n) is 5.41. The highest BCUT2D eigenvalue weighted by atomic mass is 28.1. The van der Waals surface area contributed by atoms with E-state index in [9.17, 15) is 0 Å². The van der Waals surface area contributed by atoms with E-state index in [1.165, 1.54) is 11.1 Å². The Kier molecular flexibility index (Phi) is 4.63. The van der Waals surface area contributed by atoms with Crippen molar-refractivity contribution in [2.45, 2.75) is 20.8 Å². The summed E-state index contributed by atoms with van der Waals surface area (Å²) in [5, 5.41) is 4.42. The molecule has 79 valence electrons. The van der Waals surface area contributed by atoms with Gasteiger partial charge in [0.05, 0.1) is 10.2 Å². The maximum absolute atomic E-state index is 3.64. The lowest BCUT2D eigenvalue weighted by molar-refractivity contribution is 0.834. The van der Waals surface area contributed by atoms with E-state index in [1.54, 1.807) is 0 Å². The Morgan fingerprint density at radius 1 is 1.40 bits per heavy atom. The first-order valence-corrected chi connectivity index (χ1v) is 5.91. The van der Waals surface area contributed by atoms with Crippen molar-refractivity contribution in [2.75, 3.05) is 6.54 Å². The van der Waals surface area contributed by atoms with Crippen LogP contribution >= 0.6 is 0 Å². The lowest BCUT2D eigenvalue weighted by atomic mass is 9.96. The molecule has 0 amide bonds. The third-order valence-corrected chi connectivity index (χ3v) is 2.76. The van der Waals surface area contributed by atoms with Crippen molar-refractivity contribution < 1.29 is 0 Å². The first-order chi connectivity index (χ1) is 7.16. The molecule has 0 saturated heterocycles. The van der Waals surface area contributed by atoms with Crippen molar-refractivity contribution in [3.63, 3.8) is 0 Å². The molecule has 0 bridgehead atoms. The minimum atomic E-state index is 0.515. The normalized spacial score (nSPS) is 11.9. The number of hydrogen-bond donors (Lipinski definition) is 1. The van der Waals surface area contributed by atoms with Crippen LogP contribution in [0.4, 0.5) is 0 Å². The molecule has 1 aromatic carbocycles. The summed E-state index contributed by atoms with van der Waals surface area (Å²) in [4.78, 5) is 0. The molecule has 1 N–H and O–H groups in total. The van der Waals surface area contributed by atoms with Gasteiger partial charge in [0, 0.05) is 12.7 Å². The van der Waals surface area contributed by atoms with Crippen molar-refractivity contribution >= 4 is 21.0 Å². The van der Waals surface area contributed by atoms with Gasteiger partial charge in [-0.2, -0.15) is 0 Å². The second-order valence-electron chi connectivity index (χ2n) is 3.86. The molecule has 1 nitrogen and oxygen atoms in total. The standard InChI is InChI=1S/C13H18NSi/c1-4-14-9-12(10(2)3)11-7-5-6-8-13(11)15/h5-10,14H,4H2,1-3H3. The Morgan fingerprint density at radius 3 is 2.60 bits per heavy atom. The van der Waals surface area contributed by atoms with Crippen molar-refractivity contribution in [3.8, 4) is 0 Å². The average molecular weight is 216 g/mol. The Hall–Kier alpha value is -1.02. The van der Waals surface area contributed by atoms with Crippen LogP contribution in [0.1, 0.15) is 26.3 Å². The van der Waals surface area contributed by atoms with Crippen LogP contribution in [0, 0.1) is 5.92 Å². The molecule has 15 heavy (non-hydrogen) atoms. The maximum Gasteiger partial charge on any atom is 0.0720 e. The van der Waals surface area contributed by atoms with E-state index < -0.39 is 0 Å². The summed E-state index contributed by atoms with van der Waals surface area (Å²) in [5.41, 5.74) is 2.60. The molecule has 3 radical (unpaired) electrons. The van der Waals surface area contributed by atoms with E-state index in [1.807, 2.05) is 6.07 Å². The molecule has 2 heteroatoms. The van der Waals surface area contributed by atoms with Gasteiger partial charge in [-0.25, -0.2) is 0 Å². The molecular formula is C13H18NSi. The molecule has 1 rings (SSSR count). The van der Waals surface area contributed by atoms with Crippen molar-refractivity contribution in [1.82, 2.24) is 5.32 Å². The second kappa shape index (κ2) is 5.76. The molecule has 0 spiro atoms. The number of allylic oxidation sites excluding steroid dienone is 1. The minimum Gasteiger partial charge on any atom is -0.391 e. The summed E-state index contributed by atoms with van der Waals surface area (Å²) in [6.07, 6.45) is 2.11. The van der Waals surface area contributed by atoms with Gasteiger partial charge >= 0.3 is 0 Å². The van der Waals surface area contributed by atoms with Gasteiger partial charge in [-0.15, -0.1) is 0 Å². The SMILES string of the molecule is CCNC=C(c1ccccc1[Si])C(C)C. The summed E-state index contributed by atoms with van der Waals surface area (Å²) >= 11 is 0. The molecule has 0 fully saturated rings. The van der Waals surface area contributed by atoms with Crippen molar-refractivity contribution in [3.05, 3.63) is 36.0 Å². The molecule has 0 aliphatic rings. The van der Waals surface area contributed by atoms with Crippen LogP contribution in [-0.2, 0) is 0 Å². The van der Waals surface area contributed by atoms with Crippen LogP contribution in [0.15, 0.2) is 30.5 Å². The highest BCUT2D eigenvalue weighted by molar-refractivity contribution is 6.34. The van der Waals surface area contributed by atoms with E-state index in [4.69, 9.17) is 0 Å². The number of nitrogens with one attached hydrogen (secondary N) is 1. The lowest BCUT2D eigenvalue weighted by Crippen LogP contribution is -2.14. The van der Waals surface area contributed by atoms with E-state index in [0.29, 0.717) is 5.92 Å². The predicted octanol–water partition coefficient (Wildman–Crippen LogP) is 2.09. The maximum atomic E-state index is 3.64. The predicted molar refractivity (Wildman–Crippen MR) is 68.3 cm³/mol. The monoisotopic (exact) mass is 216 g/mol. The lowest BCUT2D eigenvalue weighted by Gasteiger charge is -2.14. The Morgan fingerprint density at radius 2 is 2.07 bits per heavy atom. The minimum absolute atomic E-state index is 0.515. The number of rotatable bonds is 4. The van der Waals surface area contributed by atoms with E-state index in [-0.39, 0.29) is 0 Å². The molecular weight excluding hydrogens is 198 g/mol. The molecule has 0 heterocycles. The summed E-state index contributed by atoms with van der Waals surface area (Å²) in [6.45, 7) is 7.48. The van der Waals surface area contributed by atoms with Crippen LogP contribution in [0.5, 0.6) is 0 Å². The molecule has 0 unspecified atom stereocenters. The molecule has 0 aromatic heterocycles. The molecule has 0 saturated carbocycles. The van der Waals surface area contributed by atoms with Crippen LogP contribution in [0.2, 0.25) is 0 Å². The summed E-state index contributed by atoms with van der Waals surface area (Å²) in [5.74, 6) is 0.515. The highest BCUT2D eigenvalue weighted by Crippen LogP contribution is 2.20. The topological polar surface area (TPSA) is 12.0 Å². The van der Waals surface area contributed by atoms with Gasteiger partial charge in [0.2, 0.25) is 0 Å². The Bertz CT molecular complexity index is 342. The Balaban J connectivity index is 3.05. The van der Waals surface area contributed by atoms with Gasteiger partial charge < -0.3 is 5.32 Å². The third kappa shape index (κ3) is 3.24. The third-order valence-electron chi connectivity index (χ3n) is 2.32. The quantitative estimate of drug-likeness (QED) is 0.760. The second-order valence-corrected chi connectivity index (χ2v) is 4.40. The summed E-state index contributed by atoms with van der Waals surface area (Å²) in [6, 6.07) is 8.33. The fourth-order valence-electron chi connectivity index (χ4n) is 1.50. The smallest absolute Gasteiger partial charge is 0.0720 e.